The number of carbonyl (C=O) groups excluding carboxylic acids is 2. The highest BCUT2D eigenvalue weighted by Crippen LogP contribution is 2.16. The van der Waals surface area contributed by atoms with Crippen LogP contribution in [0.3, 0.4) is 0 Å². The lowest BCUT2D eigenvalue weighted by molar-refractivity contribution is -0.140. The minimum absolute atomic E-state index is 0.0179. The molecule has 0 aliphatic rings. The van der Waals surface area contributed by atoms with Gasteiger partial charge in [-0.05, 0) is 6.07 Å². The van der Waals surface area contributed by atoms with E-state index in [0.717, 1.165) is 6.07 Å². The van der Waals surface area contributed by atoms with E-state index in [-0.39, 0.29) is 24.2 Å². The van der Waals surface area contributed by atoms with Crippen LogP contribution in [0.1, 0.15) is 16.8 Å². The molecule has 18 heavy (non-hydrogen) atoms. The van der Waals surface area contributed by atoms with Crippen LogP contribution < -0.4 is 5.32 Å². The van der Waals surface area contributed by atoms with Crippen LogP contribution in [-0.2, 0) is 9.53 Å². The van der Waals surface area contributed by atoms with Crippen molar-refractivity contribution in [3.63, 3.8) is 0 Å². The molecule has 1 N–H and O–H groups in total. The largest absolute Gasteiger partial charge is 0.469 e. The smallest absolute Gasteiger partial charge is 0.307 e. The molecule has 1 rings (SSSR count). The van der Waals surface area contributed by atoms with Crippen molar-refractivity contribution in [3.05, 3.63) is 41.0 Å². The first kappa shape index (κ1) is 13.6. The van der Waals surface area contributed by atoms with E-state index >= 15 is 0 Å². The molecule has 5 nitrogen and oxygen atoms in total. The van der Waals surface area contributed by atoms with E-state index in [0.29, 0.717) is 0 Å². The average Bonchev–Trinajstić information content (AvgIpc) is 2.37. The molecule has 0 spiro atoms. The van der Waals surface area contributed by atoms with Crippen molar-refractivity contribution in [1.29, 1.82) is 0 Å². The van der Waals surface area contributed by atoms with Crippen LogP contribution in [0.2, 0.25) is 0 Å². The number of halogens is 1. The van der Waals surface area contributed by atoms with E-state index in [9.17, 15) is 14.0 Å². The molecule has 0 aromatic heterocycles. The fourth-order valence-electron chi connectivity index (χ4n) is 1.23. The molecule has 0 bridgehead atoms. The molecule has 0 heterocycles. The summed E-state index contributed by atoms with van der Waals surface area (Å²) in [6, 6.07) is 3.57. The molecule has 94 valence electrons. The lowest BCUT2D eigenvalue weighted by Gasteiger charge is -2.05. The molecule has 1 amide bonds. The van der Waals surface area contributed by atoms with Gasteiger partial charge in [-0.3, -0.25) is 9.59 Å². The highest BCUT2D eigenvalue weighted by Gasteiger charge is 2.12. The van der Waals surface area contributed by atoms with Crippen molar-refractivity contribution in [2.24, 2.45) is 0 Å². The summed E-state index contributed by atoms with van der Waals surface area (Å²) in [5, 5.41) is 2.39. The molecule has 0 radical (unpaired) electrons. The van der Waals surface area contributed by atoms with Gasteiger partial charge in [0.1, 0.15) is 5.82 Å². The number of ether oxygens (including phenoxy) is 1. The van der Waals surface area contributed by atoms with Gasteiger partial charge in [0.15, 0.2) is 5.69 Å². The summed E-state index contributed by atoms with van der Waals surface area (Å²) in [5.74, 6) is -1.86. The monoisotopic (exact) mass is 250 g/mol. The molecule has 1 aromatic carbocycles. The Morgan fingerprint density at radius 1 is 1.50 bits per heavy atom. The second kappa shape index (κ2) is 6.35. The van der Waals surface area contributed by atoms with Gasteiger partial charge in [0.2, 0.25) is 0 Å². The van der Waals surface area contributed by atoms with Crippen LogP contribution in [0.4, 0.5) is 10.1 Å². The maximum atomic E-state index is 13.4. The number of nitrogens with zero attached hydrogens (tertiary/aromatic N) is 1. The van der Waals surface area contributed by atoms with Gasteiger partial charge in [-0.25, -0.2) is 9.24 Å². The Morgan fingerprint density at radius 3 is 2.78 bits per heavy atom. The molecular formula is C12H11FN2O3. The summed E-state index contributed by atoms with van der Waals surface area (Å²) in [4.78, 5) is 25.4. The molecular weight excluding hydrogens is 239 g/mol. The van der Waals surface area contributed by atoms with E-state index in [2.05, 4.69) is 14.9 Å². The minimum atomic E-state index is -0.765. The maximum absolute atomic E-state index is 13.4. The zero-order valence-corrected chi connectivity index (χ0v) is 9.70. The number of methoxy groups -OCH3 is 1. The second-order valence-electron chi connectivity index (χ2n) is 3.36. The average molecular weight is 250 g/mol. The fourth-order valence-corrected chi connectivity index (χ4v) is 1.23. The number of nitrogens with one attached hydrogen (secondary N) is 1. The molecule has 1 aromatic rings. The zero-order chi connectivity index (χ0) is 13.5. The highest BCUT2D eigenvalue weighted by molar-refractivity contribution is 5.95. The first-order valence-corrected chi connectivity index (χ1v) is 5.10. The van der Waals surface area contributed by atoms with E-state index in [1.807, 2.05) is 0 Å². The van der Waals surface area contributed by atoms with Gasteiger partial charge in [0, 0.05) is 6.54 Å². The SMILES string of the molecule is [C-]#[N+]c1ccc(C(=O)NCCC(=O)OC)c(F)c1. The molecule has 0 unspecified atom stereocenters. The van der Waals surface area contributed by atoms with Gasteiger partial charge >= 0.3 is 5.97 Å². The van der Waals surface area contributed by atoms with Gasteiger partial charge < -0.3 is 10.1 Å². The summed E-state index contributed by atoms with van der Waals surface area (Å²) >= 11 is 0. The van der Waals surface area contributed by atoms with Gasteiger partial charge in [-0.2, -0.15) is 0 Å². The molecule has 0 aliphatic heterocycles. The number of esters is 1. The van der Waals surface area contributed by atoms with Crippen molar-refractivity contribution < 1.29 is 18.7 Å². The van der Waals surface area contributed by atoms with Crippen molar-refractivity contribution >= 4 is 17.6 Å². The quantitative estimate of drug-likeness (QED) is 0.653. The number of rotatable bonds is 4. The van der Waals surface area contributed by atoms with Crippen LogP contribution in [-0.4, -0.2) is 25.5 Å². The van der Waals surface area contributed by atoms with Crippen LogP contribution >= 0.6 is 0 Å². The number of benzene rings is 1. The molecule has 0 fully saturated rings. The van der Waals surface area contributed by atoms with E-state index in [1.54, 1.807) is 0 Å². The molecule has 0 saturated heterocycles. The fraction of sp³-hybridized carbons (Fsp3) is 0.250. The van der Waals surface area contributed by atoms with Gasteiger partial charge in [-0.1, -0.05) is 12.1 Å². The predicted octanol–water partition coefficient (Wildman–Crippen LogP) is 1.67. The maximum Gasteiger partial charge on any atom is 0.307 e. The van der Waals surface area contributed by atoms with E-state index in [4.69, 9.17) is 6.57 Å². The summed E-state index contributed by atoms with van der Waals surface area (Å²) < 4.78 is 17.8. The van der Waals surface area contributed by atoms with Crippen molar-refractivity contribution in [1.82, 2.24) is 5.32 Å². The molecule has 0 saturated carbocycles. The van der Waals surface area contributed by atoms with Gasteiger partial charge in [0.25, 0.3) is 5.91 Å². The Kier molecular flexibility index (Phi) is 4.81. The Bertz CT molecular complexity index is 509. The molecule has 6 heteroatoms. The normalized spacial score (nSPS) is 9.39. The van der Waals surface area contributed by atoms with Crippen LogP contribution in [0.15, 0.2) is 18.2 Å². The zero-order valence-electron chi connectivity index (χ0n) is 9.70. The summed E-state index contributed by atoms with van der Waals surface area (Å²) in [6.45, 7) is 6.77. The number of hydrogen-bond donors (Lipinski definition) is 1. The lowest BCUT2D eigenvalue weighted by atomic mass is 10.2. The summed E-state index contributed by atoms with van der Waals surface area (Å²) in [5.41, 5.74) is -0.0362. The lowest BCUT2D eigenvalue weighted by Crippen LogP contribution is -2.27. The van der Waals surface area contributed by atoms with Gasteiger partial charge in [0.05, 0.1) is 25.7 Å². The van der Waals surface area contributed by atoms with Crippen LogP contribution in [0, 0.1) is 12.4 Å². The number of carbonyl (C=O) groups is 2. The van der Waals surface area contributed by atoms with Gasteiger partial charge in [-0.15, -0.1) is 0 Å². The molecule has 0 aliphatic carbocycles. The van der Waals surface area contributed by atoms with E-state index < -0.39 is 17.7 Å². The number of amides is 1. The first-order valence-electron chi connectivity index (χ1n) is 5.10. The Labute approximate surface area is 103 Å². The predicted molar refractivity (Wildman–Crippen MR) is 61.6 cm³/mol. The second-order valence-corrected chi connectivity index (χ2v) is 3.36. The number of hydrogen-bond acceptors (Lipinski definition) is 3. The van der Waals surface area contributed by atoms with Crippen molar-refractivity contribution in [3.8, 4) is 0 Å². The standard InChI is InChI=1S/C12H11FN2O3/c1-14-8-3-4-9(10(13)7-8)12(17)15-6-5-11(16)18-2/h3-4,7H,5-6H2,2H3,(H,15,17). The Morgan fingerprint density at radius 2 is 2.22 bits per heavy atom. The topological polar surface area (TPSA) is 59.8 Å². The van der Waals surface area contributed by atoms with E-state index in [1.165, 1.54) is 19.2 Å². The highest BCUT2D eigenvalue weighted by atomic mass is 19.1. The van der Waals surface area contributed by atoms with Crippen molar-refractivity contribution in [2.45, 2.75) is 6.42 Å². The molecule has 0 atom stereocenters. The Hall–Kier alpha value is -2.42. The van der Waals surface area contributed by atoms with Crippen LogP contribution in [0.25, 0.3) is 4.85 Å². The minimum Gasteiger partial charge on any atom is -0.469 e. The first-order chi connectivity index (χ1) is 8.58. The Balaban J connectivity index is 2.62. The summed E-state index contributed by atoms with van der Waals surface area (Å²) in [6.07, 6.45) is 0.0179. The third-order valence-electron chi connectivity index (χ3n) is 2.17. The van der Waals surface area contributed by atoms with Crippen molar-refractivity contribution in [2.75, 3.05) is 13.7 Å². The third kappa shape index (κ3) is 3.56. The van der Waals surface area contributed by atoms with Crippen LogP contribution in [0.5, 0.6) is 0 Å². The summed E-state index contributed by atoms with van der Waals surface area (Å²) in [7, 11) is 1.24. The third-order valence-corrected chi connectivity index (χ3v) is 2.17.